The largest absolute Gasteiger partial charge is 0.375 e. The Hall–Kier alpha value is -1.76. The van der Waals surface area contributed by atoms with Gasteiger partial charge >= 0.3 is 0 Å². The standard InChI is InChI=1S/C9H10FN5S/c1-4-7(16-8(11)14-4)6-5(10)3-13-9(12-2)15-6/h3H,1-2H3,(H2,11,14)(H,12,13,15). The molecule has 7 heteroatoms. The van der Waals surface area contributed by atoms with E-state index in [2.05, 4.69) is 20.3 Å². The number of thiazole rings is 1. The van der Waals surface area contributed by atoms with Gasteiger partial charge in [-0.05, 0) is 6.92 Å². The summed E-state index contributed by atoms with van der Waals surface area (Å²) in [6, 6.07) is 0. The summed E-state index contributed by atoms with van der Waals surface area (Å²) in [6.07, 6.45) is 1.13. The minimum Gasteiger partial charge on any atom is -0.375 e. The van der Waals surface area contributed by atoms with Gasteiger partial charge in [0.15, 0.2) is 10.9 Å². The van der Waals surface area contributed by atoms with Crippen LogP contribution in [0.25, 0.3) is 10.6 Å². The van der Waals surface area contributed by atoms with Crippen molar-refractivity contribution in [2.24, 2.45) is 0 Å². The molecule has 2 heterocycles. The molecule has 84 valence electrons. The van der Waals surface area contributed by atoms with E-state index in [4.69, 9.17) is 5.73 Å². The van der Waals surface area contributed by atoms with Gasteiger partial charge in [0.05, 0.1) is 16.8 Å². The van der Waals surface area contributed by atoms with Crippen LogP contribution in [-0.4, -0.2) is 22.0 Å². The third kappa shape index (κ3) is 1.81. The molecule has 0 fully saturated rings. The molecular weight excluding hydrogens is 229 g/mol. The van der Waals surface area contributed by atoms with E-state index in [0.29, 0.717) is 21.7 Å². The number of nitrogens with zero attached hydrogens (tertiary/aromatic N) is 3. The van der Waals surface area contributed by atoms with E-state index in [-0.39, 0.29) is 5.69 Å². The second kappa shape index (κ2) is 4.01. The fraction of sp³-hybridized carbons (Fsp3) is 0.222. The molecule has 0 radical (unpaired) electrons. The molecule has 0 unspecified atom stereocenters. The van der Waals surface area contributed by atoms with Gasteiger partial charge in [-0.25, -0.2) is 19.3 Å². The molecule has 0 saturated carbocycles. The number of hydrogen-bond donors (Lipinski definition) is 2. The molecule has 2 rings (SSSR count). The molecule has 0 amide bonds. The minimum absolute atomic E-state index is 0.228. The fourth-order valence-electron chi connectivity index (χ4n) is 1.28. The Morgan fingerprint density at radius 1 is 1.44 bits per heavy atom. The Morgan fingerprint density at radius 2 is 2.19 bits per heavy atom. The van der Waals surface area contributed by atoms with Crippen molar-refractivity contribution in [3.05, 3.63) is 17.7 Å². The zero-order valence-electron chi connectivity index (χ0n) is 8.78. The highest BCUT2D eigenvalue weighted by Crippen LogP contribution is 2.31. The van der Waals surface area contributed by atoms with Crippen molar-refractivity contribution in [2.75, 3.05) is 18.1 Å². The van der Waals surface area contributed by atoms with Crippen molar-refractivity contribution in [1.29, 1.82) is 0 Å². The van der Waals surface area contributed by atoms with Crippen LogP contribution in [0.1, 0.15) is 5.69 Å². The van der Waals surface area contributed by atoms with Gasteiger partial charge < -0.3 is 11.1 Å². The second-order valence-electron chi connectivity index (χ2n) is 3.11. The first kappa shape index (κ1) is 10.7. The van der Waals surface area contributed by atoms with Crippen molar-refractivity contribution in [2.45, 2.75) is 6.92 Å². The predicted octanol–water partition coefficient (Wildman–Crippen LogP) is 1.67. The molecule has 0 spiro atoms. The third-order valence-electron chi connectivity index (χ3n) is 2.00. The van der Waals surface area contributed by atoms with Gasteiger partial charge in [-0.1, -0.05) is 11.3 Å². The lowest BCUT2D eigenvalue weighted by atomic mass is 10.3. The molecule has 16 heavy (non-hydrogen) atoms. The molecule has 0 saturated heterocycles. The van der Waals surface area contributed by atoms with E-state index in [0.717, 1.165) is 6.20 Å². The molecule has 0 aliphatic carbocycles. The van der Waals surface area contributed by atoms with E-state index in [1.165, 1.54) is 11.3 Å². The third-order valence-corrected chi connectivity index (χ3v) is 2.99. The Bertz CT molecular complexity index is 525. The second-order valence-corrected chi connectivity index (χ2v) is 4.14. The highest BCUT2D eigenvalue weighted by atomic mass is 32.1. The first-order chi connectivity index (χ1) is 7.61. The molecule has 0 bridgehead atoms. The maximum absolute atomic E-state index is 13.6. The zero-order valence-corrected chi connectivity index (χ0v) is 9.60. The Kier molecular flexibility index (Phi) is 2.69. The zero-order chi connectivity index (χ0) is 11.7. The van der Waals surface area contributed by atoms with Crippen LogP contribution in [0.5, 0.6) is 0 Å². The van der Waals surface area contributed by atoms with Crippen LogP contribution in [0, 0.1) is 12.7 Å². The maximum Gasteiger partial charge on any atom is 0.223 e. The summed E-state index contributed by atoms with van der Waals surface area (Å²) in [4.78, 5) is 12.5. The fourth-order valence-corrected chi connectivity index (χ4v) is 2.11. The van der Waals surface area contributed by atoms with Crippen LogP contribution < -0.4 is 11.1 Å². The molecule has 3 N–H and O–H groups in total. The van der Waals surface area contributed by atoms with Gasteiger partial charge in [-0.2, -0.15) is 0 Å². The first-order valence-corrected chi connectivity index (χ1v) is 5.37. The van der Waals surface area contributed by atoms with Crippen LogP contribution in [0.15, 0.2) is 6.20 Å². The van der Waals surface area contributed by atoms with Gasteiger partial charge in [-0.15, -0.1) is 0 Å². The van der Waals surface area contributed by atoms with Gasteiger partial charge in [0.25, 0.3) is 0 Å². The normalized spacial score (nSPS) is 10.4. The topological polar surface area (TPSA) is 76.7 Å². The van der Waals surface area contributed by atoms with Crippen LogP contribution in [0.2, 0.25) is 0 Å². The van der Waals surface area contributed by atoms with Crippen molar-refractivity contribution in [1.82, 2.24) is 15.0 Å². The number of anilines is 2. The molecule has 2 aromatic heterocycles. The Labute approximate surface area is 95.6 Å². The summed E-state index contributed by atoms with van der Waals surface area (Å²) in [6.45, 7) is 1.77. The van der Waals surface area contributed by atoms with Crippen LogP contribution in [0.3, 0.4) is 0 Å². The Balaban J connectivity index is 2.58. The molecule has 0 aliphatic heterocycles. The van der Waals surface area contributed by atoms with E-state index >= 15 is 0 Å². The summed E-state index contributed by atoms with van der Waals surface area (Å²) in [5.74, 6) is -0.117. The molecule has 0 aromatic carbocycles. The molecule has 5 nitrogen and oxygen atoms in total. The minimum atomic E-state index is -0.481. The van der Waals surface area contributed by atoms with E-state index in [1.807, 2.05) is 0 Å². The van der Waals surface area contributed by atoms with E-state index < -0.39 is 5.82 Å². The molecule has 0 atom stereocenters. The lowest BCUT2D eigenvalue weighted by Gasteiger charge is -2.02. The summed E-state index contributed by atoms with van der Waals surface area (Å²) >= 11 is 1.21. The van der Waals surface area contributed by atoms with Gasteiger partial charge in [0.1, 0.15) is 5.69 Å². The average Bonchev–Trinajstić information content (AvgIpc) is 2.58. The number of nitrogens with two attached hydrogens (primary N) is 1. The smallest absolute Gasteiger partial charge is 0.223 e. The lowest BCUT2D eigenvalue weighted by Crippen LogP contribution is -1.99. The number of hydrogen-bond acceptors (Lipinski definition) is 6. The predicted molar refractivity (Wildman–Crippen MR) is 61.8 cm³/mol. The number of aromatic nitrogens is 3. The number of halogens is 1. The first-order valence-electron chi connectivity index (χ1n) is 4.55. The quantitative estimate of drug-likeness (QED) is 0.833. The summed E-state index contributed by atoms with van der Waals surface area (Å²) in [7, 11) is 1.67. The van der Waals surface area contributed by atoms with Gasteiger partial charge in [0.2, 0.25) is 5.95 Å². The van der Waals surface area contributed by atoms with E-state index in [9.17, 15) is 4.39 Å². The van der Waals surface area contributed by atoms with E-state index in [1.54, 1.807) is 14.0 Å². The number of rotatable bonds is 2. The average molecular weight is 239 g/mol. The van der Waals surface area contributed by atoms with Crippen molar-refractivity contribution < 1.29 is 4.39 Å². The highest BCUT2D eigenvalue weighted by Gasteiger charge is 2.15. The maximum atomic E-state index is 13.6. The number of nitrogen functional groups attached to an aromatic ring is 1. The van der Waals surface area contributed by atoms with Crippen LogP contribution >= 0.6 is 11.3 Å². The Morgan fingerprint density at radius 3 is 2.75 bits per heavy atom. The molecule has 2 aromatic rings. The van der Waals surface area contributed by atoms with Crippen molar-refractivity contribution >= 4 is 22.4 Å². The van der Waals surface area contributed by atoms with Crippen molar-refractivity contribution in [3.8, 4) is 10.6 Å². The number of aryl methyl sites for hydroxylation is 1. The van der Waals surface area contributed by atoms with Gasteiger partial charge in [0, 0.05) is 7.05 Å². The summed E-state index contributed by atoms with van der Waals surface area (Å²) in [5, 5.41) is 3.15. The highest BCUT2D eigenvalue weighted by molar-refractivity contribution is 7.18. The lowest BCUT2D eigenvalue weighted by molar-refractivity contribution is 0.619. The molecular formula is C9H10FN5S. The monoisotopic (exact) mass is 239 g/mol. The number of nitrogens with one attached hydrogen (secondary N) is 1. The van der Waals surface area contributed by atoms with Crippen molar-refractivity contribution in [3.63, 3.8) is 0 Å². The van der Waals surface area contributed by atoms with Crippen LogP contribution in [0.4, 0.5) is 15.5 Å². The van der Waals surface area contributed by atoms with Gasteiger partial charge in [-0.3, -0.25) is 0 Å². The molecule has 0 aliphatic rings. The van der Waals surface area contributed by atoms with Crippen LogP contribution in [-0.2, 0) is 0 Å². The summed E-state index contributed by atoms with van der Waals surface area (Å²) in [5.41, 5.74) is 6.46. The summed E-state index contributed by atoms with van der Waals surface area (Å²) < 4.78 is 13.6. The SMILES string of the molecule is CNc1ncc(F)c(-c2sc(N)nc2C)n1.